The molecule has 0 amide bonds. The molecule has 0 saturated carbocycles. The number of hydrogen-bond donors (Lipinski definition) is 1. The summed E-state index contributed by atoms with van der Waals surface area (Å²) in [6.45, 7) is 2.28. The van der Waals surface area contributed by atoms with Crippen LogP contribution in [0, 0.1) is 17.0 Å². The second kappa shape index (κ2) is 5.76. The summed E-state index contributed by atoms with van der Waals surface area (Å²) in [7, 11) is 0. The van der Waals surface area contributed by atoms with E-state index in [4.69, 9.17) is 0 Å². The van der Waals surface area contributed by atoms with E-state index in [2.05, 4.69) is 26.2 Å². The van der Waals surface area contributed by atoms with E-state index < -0.39 is 0 Å². The number of nitro groups is 1. The Morgan fingerprint density at radius 3 is 2.86 bits per heavy atom. The Balaban J connectivity index is 1.76. The fraction of sp³-hybridized carbons (Fsp3) is 0.133. The van der Waals surface area contributed by atoms with Crippen LogP contribution in [0.15, 0.2) is 47.2 Å². The van der Waals surface area contributed by atoms with Crippen LogP contribution in [0.4, 0.5) is 11.4 Å². The number of aryl methyl sites for hydroxylation is 1. The topological polar surface area (TPSA) is 72.5 Å². The Hall–Kier alpha value is -2.41. The first-order valence-electron chi connectivity index (χ1n) is 6.65. The van der Waals surface area contributed by atoms with E-state index in [1.54, 1.807) is 19.1 Å². The van der Waals surface area contributed by atoms with Gasteiger partial charge in [-0.15, -0.1) is 0 Å². The molecule has 0 unspecified atom stereocenters. The van der Waals surface area contributed by atoms with Crippen molar-refractivity contribution in [2.24, 2.45) is 0 Å². The van der Waals surface area contributed by atoms with Crippen LogP contribution in [0.25, 0.3) is 5.65 Å². The number of halogens is 1. The highest BCUT2D eigenvalue weighted by atomic mass is 79.9. The molecule has 0 radical (unpaired) electrons. The summed E-state index contributed by atoms with van der Waals surface area (Å²) in [6, 6.07) is 8.86. The van der Waals surface area contributed by atoms with Crippen molar-refractivity contribution in [1.29, 1.82) is 0 Å². The maximum Gasteiger partial charge on any atom is 0.272 e. The Bertz CT molecular complexity index is 860. The molecule has 0 fully saturated rings. The molecule has 6 nitrogen and oxygen atoms in total. The minimum Gasteiger partial charge on any atom is -0.379 e. The van der Waals surface area contributed by atoms with Crippen LogP contribution in [-0.2, 0) is 6.54 Å². The molecule has 2 aromatic heterocycles. The quantitative estimate of drug-likeness (QED) is 0.565. The Morgan fingerprint density at radius 2 is 2.14 bits per heavy atom. The van der Waals surface area contributed by atoms with Gasteiger partial charge in [0.25, 0.3) is 5.69 Å². The lowest BCUT2D eigenvalue weighted by atomic mass is 10.2. The van der Waals surface area contributed by atoms with Crippen LogP contribution in [0.3, 0.4) is 0 Å². The van der Waals surface area contributed by atoms with Crippen LogP contribution >= 0.6 is 15.9 Å². The maximum atomic E-state index is 10.8. The lowest BCUT2D eigenvalue weighted by Gasteiger charge is -2.05. The number of nitro benzene ring substituents is 1. The van der Waals surface area contributed by atoms with Crippen LogP contribution in [-0.4, -0.2) is 14.3 Å². The number of pyridine rings is 1. The molecule has 1 N–H and O–H groups in total. The van der Waals surface area contributed by atoms with Crippen molar-refractivity contribution in [1.82, 2.24) is 9.38 Å². The van der Waals surface area contributed by atoms with Gasteiger partial charge < -0.3 is 9.72 Å². The number of imidazole rings is 1. The summed E-state index contributed by atoms with van der Waals surface area (Å²) in [4.78, 5) is 14.9. The molecule has 0 saturated heterocycles. The van der Waals surface area contributed by atoms with Crippen LogP contribution in [0.1, 0.15) is 11.3 Å². The van der Waals surface area contributed by atoms with Crippen molar-refractivity contribution >= 4 is 33.0 Å². The number of aromatic nitrogens is 2. The van der Waals surface area contributed by atoms with E-state index in [0.717, 1.165) is 21.5 Å². The molecule has 112 valence electrons. The van der Waals surface area contributed by atoms with Gasteiger partial charge >= 0.3 is 0 Å². The zero-order valence-electron chi connectivity index (χ0n) is 11.8. The summed E-state index contributed by atoms with van der Waals surface area (Å²) in [6.07, 6.45) is 3.90. The van der Waals surface area contributed by atoms with Gasteiger partial charge in [0.05, 0.1) is 17.2 Å². The van der Waals surface area contributed by atoms with Crippen molar-refractivity contribution in [3.63, 3.8) is 0 Å². The molecule has 0 spiro atoms. The van der Waals surface area contributed by atoms with E-state index >= 15 is 0 Å². The standard InChI is InChI=1S/C15H13BrN4O2/c1-10-6-12(3-4-14(10)20(21)22)17-7-13-9-19-8-11(16)2-5-15(19)18-13/h2-6,8-9,17H,7H2,1H3. The fourth-order valence-corrected chi connectivity index (χ4v) is 2.62. The van der Waals surface area contributed by atoms with Gasteiger partial charge in [0.15, 0.2) is 0 Å². The fourth-order valence-electron chi connectivity index (χ4n) is 2.27. The van der Waals surface area contributed by atoms with Crippen molar-refractivity contribution in [2.45, 2.75) is 13.5 Å². The number of nitrogens with zero attached hydrogens (tertiary/aromatic N) is 3. The highest BCUT2D eigenvalue weighted by Crippen LogP contribution is 2.22. The largest absolute Gasteiger partial charge is 0.379 e. The van der Waals surface area contributed by atoms with Gasteiger partial charge in [0.1, 0.15) is 5.65 Å². The molecule has 2 heterocycles. The zero-order valence-corrected chi connectivity index (χ0v) is 13.4. The Labute approximate surface area is 135 Å². The first-order valence-corrected chi connectivity index (χ1v) is 7.44. The molecule has 3 rings (SSSR count). The zero-order chi connectivity index (χ0) is 15.7. The third-order valence-corrected chi connectivity index (χ3v) is 3.80. The predicted molar refractivity (Wildman–Crippen MR) is 88.1 cm³/mol. The van der Waals surface area contributed by atoms with E-state index in [1.807, 2.05) is 28.9 Å². The van der Waals surface area contributed by atoms with E-state index in [9.17, 15) is 10.1 Å². The van der Waals surface area contributed by atoms with Gasteiger partial charge in [-0.2, -0.15) is 0 Å². The normalized spacial score (nSPS) is 10.8. The van der Waals surface area contributed by atoms with Crippen LogP contribution in [0.5, 0.6) is 0 Å². The van der Waals surface area contributed by atoms with Crippen molar-refractivity contribution in [2.75, 3.05) is 5.32 Å². The number of anilines is 1. The third-order valence-electron chi connectivity index (χ3n) is 3.33. The second-order valence-corrected chi connectivity index (χ2v) is 5.87. The van der Waals surface area contributed by atoms with Crippen molar-refractivity contribution in [3.05, 3.63) is 68.6 Å². The molecule has 0 aliphatic rings. The number of hydrogen-bond acceptors (Lipinski definition) is 4. The summed E-state index contributed by atoms with van der Waals surface area (Å²) in [5, 5.41) is 14.0. The summed E-state index contributed by atoms with van der Waals surface area (Å²) < 4.78 is 2.94. The molecular formula is C15H13BrN4O2. The molecule has 0 aliphatic heterocycles. The van der Waals surface area contributed by atoms with Gasteiger partial charge in [-0.3, -0.25) is 10.1 Å². The Morgan fingerprint density at radius 1 is 1.32 bits per heavy atom. The van der Waals surface area contributed by atoms with E-state index in [-0.39, 0.29) is 10.6 Å². The molecule has 7 heteroatoms. The van der Waals surface area contributed by atoms with Gasteiger partial charge in [0, 0.05) is 34.2 Å². The maximum absolute atomic E-state index is 10.8. The lowest BCUT2D eigenvalue weighted by Crippen LogP contribution is -2.00. The highest BCUT2D eigenvalue weighted by molar-refractivity contribution is 9.10. The summed E-state index contributed by atoms with van der Waals surface area (Å²) >= 11 is 3.42. The Kier molecular flexibility index (Phi) is 3.81. The second-order valence-electron chi connectivity index (χ2n) is 4.96. The molecule has 0 atom stereocenters. The minimum absolute atomic E-state index is 0.128. The van der Waals surface area contributed by atoms with Gasteiger partial charge in [0.2, 0.25) is 0 Å². The molecule has 3 aromatic rings. The molecule has 22 heavy (non-hydrogen) atoms. The molecular weight excluding hydrogens is 348 g/mol. The average Bonchev–Trinajstić information content (AvgIpc) is 2.86. The van der Waals surface area contributed by atoms with E-state index in [0.29, 0.717) is 12.1 Å². The molecule has 0 aliphatic carbocycles. The third kappa shape index (κ3) is 2.94. The smallest absolute Gasteiger partial charge is 0.272 e. The average molecular weight is 361 g/mol. The van der Waals surface area contributed by atoms with E-state index in [1.165, 1.54) is 6.07 Å². The summed E-state index contributed by atoms with van der Waals surface area (Å²) in [5.74, 6) is 0. The first-order chi connectivity index (χ1) is 10.5. The van der Waals surface area contributed by atoms with Crippen molar-refractivity contribution in [3.8, 4) is 0 Å². The number of rotatable bonds is 4. The van der Waals surface area contributed by atoms with Gasteiger partial charge in [-0.05, 0) is 47.1 Å². The molecule has 0 bridgehead atoms. The number of fused-ring (bicyclic) bond motifs is 1. The lowest BCUT2D eigenvalue weighted by molar-refractivity contribution is -0.385. The van der Waals surface area contributed by atoms with Crippen molar-refractivity contribution < 1.29 is 4.92 Å². The monoisotopic (exact) mass is 360 g/mol. The molecule has 1 aromatic carbocycles. The van der Waals surface area contributed by atoms with Crippen LogP contribution in [0.2, 0.25) is 0 Å². The summed E-state index contributed by atoms with van der Waals surface area (Å²) in [5.41, 5.74) is 3.37. The van der Waals surface area contributed by atoms with Gasteiger partial charge in [-0.1, -0.05) is 0 Å². The highest BCUT2D eigenvalue weighted by Gasteiger charge is 2.10. The van der Waals surface area contributed by atoms with Gasteiger partial charge in [-0.25, -0.2) is 4.98 Å². The SMILES string of the molecule is Cc1cc(NCc2cn3cc(Br)ccc3n2)ccc1[N+](=O)[O-]. The first kappa shape index (κ1) is 14.5. The minimum atomic E-state index is -0.376. The number of benzene rings is 1. The number of nitrogens with one attached hydrogen (secondary N) is 1. The van der Waals surface area contributed by atoms with Crippen LogP contribution < -0.4 is 5.32 Å². The predicted octanol–water partition coefficient (Wildman–Crippen LogP) is 3.93.